The molecule has 1 atom stereocenters. The largest absolute Gasteiger partial charge is 0.315 e. The van der Waals surface area contributed by atoms with Gasteiger partial charge in [-0.3, -0.25) is 4.90 Å². The first-order chi connectivity index (χ1) is 7.24. The molecule has 0 aromatic rings. The third-order valence-electron chi connectivity index (χ3n) is 3.42. The average molecular weight is 212 g/mol. The average Bonchev–Trinajstić information content (AvgIpc) is 2.25. The number of hydrogen-bond donors (Lipinski definition) is 1. The quantitative estimate of drug-likeness (QED) is 0.728. The molecule has 1 fully saturated rings. The van der Waals surface area contributed by atoms with Gasteiger partial charge in [-0.25, -0.2) is 0 Å². The maximum absolute atomic E-state index is 3.51. The fourth-order valence-electron chi connectivity index (χ4n) is 2.45. The predicted octanol–water partition coefficient (Wildman–Crippen LogP) is 2.50. The summed E-state index contributed by atoms with van der Waals surface area (Å²) in [6.45, 7) is 11.9. The molecule has 1 N–H and O–H groups in total. The zero-order valence-electron chi connectivity index (χ0n) is 10.8. The minimum absolute atomic E-state index is 0.802. The monoisotopic (exact) mass is 212 g/mol. The Labute approximate surface area is 95.4 Å². The lowest BCUT2D eigenvalue weighted by Crippen LogP contribution is -2.46. The van der Waals surface area contributed by atoms with Crippen molar-refractivity contribution in [2.24, 2.45) is 5.92 Å². The third kappa shape index (κ3) is 4.98. The summed E-state index contributed by atoms with van der Waals surface area (Å²) in [4.78, 5) is 2.66. The first kappa shape index (κ1) is 13.0. The van der Waals surface area contributed by atoms with Gasteiger partial charge in [0.25, 0.3) is 0 Å². The molecule has 1 unspecified atom stereocenters. The highest BCUT2D eigenvalue weighted by Crippen LogP contribution is 2.12. The molecule has 0 saturated carbocycles. The van der Waals surface area contributed by atoms with Gasteiger partial charge < -0.3 is 5.32 Å². The molecular weight excluding hydrogens is 184 g/mol. The molecule has 0 amide bonds. The molecule has 0 bridgehead atoms. The molecule has 1 rings (SSSR count). The van der Waals surface area contributed by atoms with Crippen LogP contribution in [0.4, 0.5) is 0 Å². The lowest BCUT2D eigenvalue weighted by Gasteiger charge is -2.34. The first-order valence-corrected chi connectivity index (χ1v) is 6.68. The molecule has 0 aromatic heterocycles. The Morgan fingerprint density at radius 1 is 1.40 bits per heavy atom. The molecule has 90 valence electrons. The Balaban J connectivity index is 2.21. The third-order valence-corrected chi connectivity index (χ3v) is 3.42. The highest BCUT2D eigenvalue weighted by molar-refractivity contribution is 4.77. The summed E-state index contributed by atoms with van der Waals surface area (Å²) in [6.07, 6.45) is 5.48. The lowest BCUT2D eigenvalue weighted by molar-refractivity contribution is 0.169. The van der Waals surface area contributed by atoms with Gasteiger partial charge in [0.05, 0.1) is 0 Å². The topological polar surface area (TPSA) is 15.3 Å². The Kier molecular flexibility index (Phi) is 6.26. The van der Waals surface area contributed by atoms with Crippen LogP contribution in [0.3, 0.4) is 0 Å². The maximum Gasteiger partial charge on any atom is 0.0220 e. The van der Waals surface area contributed by atoms with Gasteiger partial charge in [0.15, 0.2) is 0 Å². The van der Waals surface area contributed by atoms with Crippen LogP contribution in [-0.4, -0.2) is 37.1 Å². The number of rotatable bonds is 6. The van der Waals surface area contributed by atoms with E-state index in [-0.39, 0.29) is 0 Å². The van der Waals surface area contributed by atoms with Crippen LogP contribution in [0.15, 0.2) is 0 Å². The van der Waals surface area contributed by atoms with E-state index in [0.717, 1.165) is 12.0 Å². The summed E-state index contributed by atoms with van der Waals surface area (Å²) in [5, 5.41) is 3.51. The van der Waals surface area contributed by atoms with E-state index in [1.807, 2.05) is 0 Å². The lowest BCUT2D eigenvalue weighted by atomic mass is 10.0. The SMILES string of the molecule is CCN(CCCC(C)C)C1CCCNC1. The number of likely N-dealkylation sites (N-methyl/N-ethyl adjacent to an activating group) is 1. The van der Waals surface area contributed by atoms with E-state index in [0.29, 0.717) is 0 Å². The molecule has 2 heteroatoms. The molecule has 2 nitrogen and oxygen atoms in total. The van der Waals surface area contributed by atoms with E-state index in [9.17, 15) is 0 Å². The van der Waals surface area contributed by atoms with E-state index in [1.165, 1.54) is 51.9 Å². The molecule has 0 aliphatic carbocycles. The van der Waals surface area contributed by atoms with Crippen molar-refractivity contribution in [1.82, 2.24) is 10.2 Å². The molecule has 0 radical (unpaired) electrons. The molecule has 1 aliphatic rings. The van der Waals surface area contributed by atoms with Crippen LogP contribution >= 0.6 is 0 Å². The van der Waals surface area contributed by atoms with Gasteiger partial charge in [-0.05, 0) is 51.2 Å². The second-order valence-corrected chi connectivity index (χ2v) is 5.16. The van der Waals surface area contributed by atoms with Gasteiger partial charge in [-0.1, -0.05) is 20.8 Å². The molecule has 1 aliphatic heterocycles. The van der Waals surface area contributed by atoms with Gasteiger partial charge in [0, 0.05) is 12.6 Å². The molecular formula is C13H28N2. The Morgan fingerprint density at radius 3 is 2.73 bits per heavy atom. The number of nitrogens with one attached hydrogen (secondary N) is 1. The standard InChI is InChI=1S/C13H28N2/c1-4-15(10-6-7-12(2)3)13-8-5-9-14-11-13/h12-14H,4-11H2,1-3H3. The van der Waals surface area contributed by atoms with E-state index in [2.05, 4.69) is 31.0 Å². The van der Waals surface area contributed by atoms with Crippen LogP contribution in [0, 0.1) is 5.92 Å². The van der Waals surface area contributed by atoms with Crippen molar-refractivity contribution in [1.29, 1.82) is 0 Å². The van der Waals surface area contributed by atoms with Gasteiger partial charge in [-0.2, -0.15) is 0 Å². The van der Waals surface area contributed by atoms with Crippen molar-refractivity contribution in [2.45, 2.75) is 52.5 Å². The van der Waals surface area contributed by atoms with Crippen LogP contribution in [0.25, 0.3) is 0 Å². The fraction of sp³-hybridized carbons (Fsp3) is 1.00. The zero-order chi connectivity index (χ0) is 11.1. The first-order valence-electron chi connectivity index (χ1n) is 6.68. The van der Waals surface area contributed by atoms with E-state index in [1.54, 1.807) is 0 Å². The summed E-state index contributed by atoms with van der Waals surface area (Å²) in [5.74, 6) is 0.855. The molecule has 0 spiro atoms. The van der Waals surface area contributed by atoms with Crippen LogP contribution in [-0.2, 0) is 0 Å². The molecule has 0 aromatic carbocycles. The molecule has 1 heterocycles. The summed E-state index contributed by atoms with van der Waals surface area (Å²) >= 11 is 0. The van der Waals surface area contributed by atoms with Crippen LogP contribution < -0.4 is 5.32 Å². The smallest absolute Gasteiger partial charge is 0.0220 e. The van der Waals surface area contributed by atoms with Gasteiger partial charge in [0.2, 0.25) is 0 Å². The summed E-state index contributed by atoms with van der Waals surface area (Å²) in [7, 11) is 0. The van der Waals surface area contributed by atoms with E-state index < -0.39 is 0 Å². The van der Waals surface area contributed by atoms with Gasteiger partial charge in [0.1, 0.15) is 0 Å². The Hall–Kier alpha value is -0.0800. The Morgan fingerprint density at radius 2 is 2.20 bits per heavy atom. The zero-order valence-corrected chi connectivity index (χ0v) is 10.8. The van der Waals surface area contributed by atoms with Crippen LogP contribution in [0.1, 0.15) is 46.5 Å². The predicted molar refractivity (Wildman–Crippen MR) is 67.2 cm³/mol. The van der Waals surface area contributed by atoms with Gasteiger partial charge in [-0.15, -0.1) is 0 Å². The number of piperidine rings is 1. The number of nitrogens with zero attached hydrogens (tertiary/aromatic N) is 1. The summed E-state index contributed by atoms with van der Waals surface area (Å²) in [5.41, 5.74) is 0. The second kappa shape index (κ2) is 7.24. The van der Waals surface area contributed by atoms with Crippen LogP contribution in [0.2, 0.25) is 0 Å². The number of hydrogen-bond acceptors (Lipinski definition) is 2. The van der Waals surface area contributed by atoms with Crippen LogP contribution in [0.5, 0.6) is 0 Å². The second-order valence-electron chi connectivity index (χ2n) is 5.16. The molecule has 15 heavy (non-hydrogen) atoms. The highest BCUT2D eigenvalue weighted by Gasteiger charge is 2.18. The highest BCUT2D eigenvalue weighted by atomic mass is 15.2. The molecule has 1 saturated heterocycles. The van der Waals surface area contributed by atoms with Crippen molar-refractivity contribution in [3.63, 3.8) is 0 Å². The van der Waals surface area contributed by atoms with E-state index in [4.69, 9.17) is 0 Å². The van der Waals surface area contributed by atoms with Crippen molar-refractivity contribution < 1.29 is 0 Å². The summed E-state index contributed by atoms with van der Waals surface area (Å²) < 4.78 is 0. The van der Waals surface area contributed by atoms with Crippen molar-refractivity contribution in [3.05, 3.63) is 0 Å². The summed E-state index contributed by atoms with van der Waals surface area (Å²) in [6, 6.07) is 0.802. The van der Waals surface area contributed by atoms with Crippen molar-refractivity contribution in [2.75, 3.05) is 26.2 Å². The minimum Gasteiger partial charge on any atom is -0.315 e. The Bertz CT molecular complexity index is 151. The maximum atomic E-state index is 3.51. The van der Waals surface area contributed by atoms with E-state index >= 15 is 0 Å². The normalized spacial score (nSPS) is 22.6. The fourth-order valence-corrected chi connectivity index (χ4v) is 2.45. The minimum atomic E-state index is 0.802. The van der Waals surface area contributed by atoms with Gasteiger partial charge >= 0.3 is 0 Å². The van der Waals surface area contributed by atoms with Crippen molar-refractivity contribution in [3.8, 4) is 0 Å². The van der Waals surface area contributed by atoms with Crippen molar-refractivity contribution >= 4 is 0 Å².